The lowest BCUT2D eigenvalue weighted by molar-refractivity contribution is -0.113. The van der Waals surface area contributed by atoms with Crippen molar-refractivity contribution in [1.82, 2.24) is 4.90 Å². The molecule has 0 bridgehead atoms. The summed E-state index contributed by atoms with van der Waals surface area (Å²) in [6.45, 7) is 7.27. The Hall–Kier alpha value is -3.37. The van der Waals surface area contributed by atoms with Crippen LogP contribution >= 0.6 is 0 Å². The highest BCUT2D eigenvalue weighted by atomic mass is 16.1. The van der Waals surface area contributed by atoms with Gasteiger partial charge in [-0.25, -0.2) is 0 Å². The van der Waals surface area contributed by atoms with Crippen molar-refractivity contribution in [3.63, 3.8) is 0 Å². The predicted octanol–water partition coefficient (Wildman–Crippen LogP) is 6.28. The van der Waals surface area contributed by atoms with Gasteiger partial charge in [0.05, 0.1) is 0 Å². The SMILES string of the molecule is Cc1ccc(C2=C(C(=O)Nc3ccc(N4CCN(Cc5ccccc5)CC4)cc3)CCCC2)cc1. The van der Waals surface area contributed by atoms with E-state index in [0.717, 1.165) is 69.7 Å². The van der Waals surface area contributed by atoms with Crippen LogP contribution in [0.1, 0.15) is 42.4 Å². The van der Waals surface area contributed by atoms with Gasteiger partial charge in [0.15, 0.2) is 0 Å². The van der Waals surface area contributed by atoms with Crippen LogP contribution in [-0.4, -0.2) is 37.0 Å². The standard InChI is InChI=1S/C31H35N3O/c1-24-11-13-26(14-12-24)29-9-5-6-10-30(29)31(35)32-27-15-17-28(18-16-27)34-21-19-33(20-22-34)23-25-7-3-2-4-8-25/h2-4,7-8,11-18H,5-6,9-10,19-23H2,1H3,(H,32,35). The Morgan fingerprint density at radius 3 is 2.20 bits per heavy atom. The smallest absolute Gasteiger partial charge is 0.251 e. The highest BCUT2D eigenvalue weighted by Crippen LogP contribution is 2.33. The minimum absolute atomic E-state index is 0.0440. The summed E-state index contributed by atoms with van der Waals surface area (Å²) in [6.07, 6.45) is 4.04. The second kappa shape index (κ2) is 10.9. The summed E-state index contributed by atoms with van der Waals surface area (Å²) in [5.74, 6) is 0.0440. The van der Waals surface area contributed by atoms with E-state index in [1.54, 1.807) is 0 Å². The molecule has 2 aliphatic rings. The lowest BCUT2D eigenvalue weighted by atomic mass is 9.86. The van der Waals surface area contributed by atoms with Gasteiger partial charge in [0.25, 0.3) is 5.91 Å². The summed E-state index contributed by atoms with van der Waals surface area (Å²) in [7, 11) is 0. The van der Waals surface area contributed by atoms with E-state index in [0.29, 0.717) is 0 Å². The number of allylic oxidation sites excluding steroid dienone is 1. The zero-order valence-electron chi connectivity index (χ0n) is 20.7. The van der Waals surface area contributed by atoms with E-state index >= 15 is 0 Å². The number of carbonyl (C=O) groups excluding carboxylic acids is 1. The van der Waals surface area contributed by atoms with Gasteiger partial charge in [-0.05, 0) is 73.6 Å². The molecule has 3 aromatic rings. The molecule has 4 heteroatoms. The number of carbonyl (C=O) groups is 1. The highest BCUT2D eigenvalue weighted by molar-refractivity contribution is 6.09. The molecule has 0 spiro atoms. The van der Waals surface area contributed by atoms with Crippen molar-refractivity contribution in [2.45, 2.75) is 39.2 Å². The summed E-state index contributed by atoms with van der Waals surface area (Å²) >= 11 is 0. The normalized spacial score (nSPS) is 16.9. The number of benzene rings is 3. The molecule has 0 unspecified atom stereocenters. The summed E-state index contributed by atoms with van der Waals surface area (Å²) in [4.78, 5) is 18.2. The van der Waals surface area contributed by atoms with Crippen LogP contribution < -0.4 is 10.2 Å². The fraction of sp³-hybridized carbons (Fsp3) is 0.323. The van der Waals surface area contributed by atoms with Crippen LogP contribution in [0, 0.1) is 6.92 Å². The predicted molar refractivity (Wildman–Crippen MR) is 146 cm³/mol. The number of nitrogens with one attached hydrogen (secondary N) is 1. The molecule has 35 heavy (non-hydrogen) atoms. The first kappa shape index (κ1) is 23.4. The summed E-state index contributed by atoms with van der Waals surface area (Å²) in [6, 6.07) is 27.6. The molecular weight excluding hydrogens is 430 g/mol. The first-order valence-electron chi connectivity index (χ1n) is 12.9. The maximum Gasteiger partial charge on any atom is 0.251 e. The average Bonchev–Trinajstić information content (AvgIpc) is 2.91. The molecule has 1 fully saturated rings. The van der Waals surface area contributed by atoms with Crippen LogP contribution in [0.5, 0.6) is 0 Å². The zero-order chi connectivity index (χ0) is 24.0. The largest absolute Gasteiger partial charge is 0.369 e. The van der Waals surface area contributed by atoms with E-state index < -0.39 is 0 Å². The molecule has 3 aromatic carbocycles. The fourth-order valence-corrected chi connectivity index (χ4v) is 5.20. The van der Waals surface area contributed by atoms with Crippen LogP contribution in [-0.2, 0) is 11.3 Å². The van der Waals surface area contributed by atoms with Gasteiger partial charge in [-0.15, -0.1) is 0 Å². The summed E-state index contributed by atoms with van der Waals surface area (Å²) < 4.78 is 0. The Bertz CT molecular complexity index is 1160. The number of aryl methyl sites for hydroxylation is 1. The summed E-state index contributed by atoms with van der Waals surface area (Å²) in [5, 5.41) is 3.16. The second-order valence-electron chi connectivity index (χ2n) is 9.78. The first-order valence-corrected chi connectivity index (χ1v) is 12.9. The number of nitrogens with zero attached hydrogens (tertiary/aromatic N) is 2. The minimum atomic E-state index is 0.0440. The van der Waals surface area contributed by atoms with Gasteiger partial charge in [-0.1, -0.05) is 60.2 Å². The van der Waals surface area contributed by atoms with Gasteiger partial charge >= 0.3 is 0 Å². The minimum Gasteiger partial charge on any atom is -0.369 e. The van der Waals surface area contributed by atoms with Crippen LogP contribution in [0.3, 0.4) is 0 Å². The van der Waals surface area contributed by atoms with Gasteiger partial charge < -0.3 is 10.2 Å². The van der Waals surface area contributed by atoms with Crippen LogP contribution in [0.15, 0.2) is 84.4 Å². The molecule has 180 valence electrons. The van der Waals surface area contributed by atoms with E-state index in [2.05, 4.69) is 88.8 Å². The van der Waals surface area contributed by atoms with E-state index in [9.17, 15) is 4.79 Å². The Labute approximate surface area is 209 Å². The van der Waals surface area contributed by atoms with Crippen LogP contribution in [0.4, 0.5) is 11.4 Å². The average molecular weight is 466 g/mol. The number of anilines is 2. The quantitative estimate of drug-likeness (QED) is 0.465. The summed E-state index contributed by atoms with van der Waals surface area (Å²) in [5.41, 5.74) is 8.04. The third-order valence-corrected chi connectivity index (χ3v) is 7.25. The van der Waals surface area contributed by atoms with Crippen molar-refractivity contribution < 1.29 is 4.79 Å². The van der Waals surface area contributed by atoms with Gasteiger partial charge in [-0.3, -0.25) is 9.69 Å². The molecule has 0 atom stereocenters. The van der Waals surface area contributed by atoms with Crippen LogP contribution in [0.25, 0.3) is 5.57 Å². The first-order chi connectivity index (χ1) is 17.2. The van der Waals surface area contributed by atoms with Crippen molar-refractivity contribution in [3.05, 3.63) is 101 Å². The number of amides is 1. The molecule has 5 rings (SSSR count). The molecule has 1 aliphatic heterocycles. The van der Waals surface area contributed by atoms with E-state index in [1.165, 1.54) is 28.0 Å². The molecule has 1 aliphatic carbocycles. The molecule has 0 saturated carbocycles. The molecular formula is C31H35N3O. The van der Waals surface area contributed by atoms with Gasteiger partial charge in [0, 0.05) is 49.7 Å². The molecule has 1 saturated heterocycles. The Morgan fingerprint density at radius 1 is 0.800 bits per heavy atom. The monoisotopic (exact) mass is 465 g/mol. The third-order valence-electron chi connectivity index (χ3n) is 7.25. The maximum atomic E-state index is 13.2. The Kier molecular flexibility index (Phi) is 7.29. The van der Waals surface area contributed by atoms with E-state index in [1.807, 2.05) is 12.1 Å². The molecule has 1 heterocycles. The Morgan fingerprint density at radius 2 is 1.49 bits per heavy atom. The van der Waals surface area contributed by atoms with Gasteiger partial charge in [0.2, 0.25) is 0 Å². The van der Waals surface area contributed by atoms with E-state index in [-0.39, 0.29) is 5.91 Å². The molecule has 0 aromatic heterocycles. The highest BCUT2D eigenvalue weighted by Gasteiger charge is 2.21. The number of hydrogen-bond donors (Lipinski definition) is 1. The van der Waals surface area contributed by atoms with Crippen LogP contribution in [0.2, 0.25) is 0 Å². The van der Waals surface area contributed by atoms with Crippen molar-refractivity contribution in [2.24, 2.45) is 0 Å². The topological polar surface area (TPSA) is 35.6 Å². The molecule has 0 radical (unpaired) electrons. The Balaban J connectivity index is 1.20. The lowest BCUT2D eigenvalue weighted by Gasteiger charge is -2.36. The number of hydrogen-bond acceptors (Lipinski definition) is 3. The zero-order valence-corrected chi connectivity index (χ0v) is 20.7. The second-order valence-corrected chi connectivity index (χ2v) is 9.78. The third kappa shape index (κ3) is 5.83. The van der Waals surface area contributed by atoms with Crippen molar-refractivity contribution in [1.29, 1.82) is 0 Å². The van der Waals surface area contributed by atoms with Crippen molar-refractivity contribution in [3.8, 4) is 0 Å². The maximum absolute atomic E-state index is 13.2. The molecule has 1 amide bonds. The van der Waals surface area contributed by atoms with Gasteiger partial charge in [0.1, 0.15) is 0 Å². The fourth-order valence-electron chi connectivity index (χ4n) is 5.20. The molecule has 1 N–H and O–H groups in total. The number of piperazine rings is 1. The van der Waals surface area contributed by atoms with Crippen molar-refractivity contribution >= 4 is 22.9 Å². The van der Waals surface area contributed by atoms with E-state index in [4.69, 9.17) is 0 Å². The van der Waals surface area contributed by atoms with Gasteiger partial charge in [-0.2, -0.15) is 0 Å². The number of rotatable bonds is 6. The van der Waals surface area contributed by atoms with Crippen molar-refractivity contribution in [2.75, 3.05) is 36.4 Å². The molecule has 4 nitrogen and oxygen atoms in total. The lowest BCUT2D eigenvalue weighted by Crippen LogP contribution is -2.45.